The Bertz CT molecular complexity index is 768. The molecule has 26 heavy (non-hydrogen) atoms. The fraction of sp³-hybridized carbons (Fsp3) is 0.278. The van der Waals surface area contributed by atoms with Crippen LogP contribution in [0.2, 0.25) is 0 Å². The molecule has 8 heteroatoms. The molecule has 0 saturated heterocycles. The summed E-state index contributed by atoms with van der Waals surface area (Å²) in [6.07, 6.45) is 0.928. The van der Waals surface area contributed by atoms with Gasteiger partial charge < -0.3 is 14.8 Å². The van der Waals surface area contributed by atoms with Crippen LogP contribution >= 0.6 is 11.8 Å². The van der Waals surface area contributed by atoms with E-state index in [2.05, 4.69) is 5.32 Å². The normalized spacial score (nSPS) is 10.2. The van der Waals surface area contributed by atoms with Crippen LogP contribution < -0.4 is 14.8 Å². The molecule has 0 bridgehead atoms. The predicted octanol–water partition coefficient (Wildman–Crippen LogP) is 4.12. The molecule has 0 aliphatic carbocycles. The first-order chi connectivity index (χ1) is 12.5. The second-order valence-corrected chi connectivity index (χ2v) is 6.46. The molecule has 2 aromatic rings. The second-order valence-electron chi connectivity index (χ2n) is 5.29. The topological polar surface area (TPSA) is 90.7 Å². The standard InChI is InChI=1S/C18H20N2O5S/c1-24-16-11-14(15(20(22)23)12-17(16)25-2)19-18(21)9-6-10-26-13-7-4-3-5-8-13/h3-5,7-8,11-12H,6,9-10H2,1-2H3,(H,19,21). The van der Waals surface area contributed by atoms with Gasteiger partial charge in [0.15, 0.2) is 11.5 Å². The molecule has 0 spiro atoms. The number of methoxy groups -OCH3 is 2. The fourth-order valence-electron chi connectivity index (χ4n) is 2.27. The van der Waals surface area contributed by atoms with E-state index in [0.717, 1.165) is 10.6 Å². The number of rotatable bonds is 9. The zero-order valence-corrected chi connectivity index (χ0v) is 15.4. The van der Waals surface area contributed by atoms with E-state index in [-0.39, 0.29) is 29.5 Å². The van der Waals surface area contributed by atoms with Gasteiger partial charge >= 0.3 is 0 Å². The lowest BCUT2D eigenvalue weighted by atomic mass is 10.2. The molecular weight excluding hydrogens is 356 g/mol. The van der Waals surface area contributed by atoms with Crippen LogP contribution in [-0.4, -0.2) is 30.8 Å². The van der Waals surface area contributed by atoms with Crippen LogP contribution in [0.5, 0.6) is 11.5 Å². The van der Waals surface area contributed by atoms with E-state index < -0.39 is 4.92 Å². The number of hydrogen-bond donors (Lipinski definition) is 1. The number of nitrogens with zero attached hydrogens (tertiary/aromatic N) is 1. The van der Waals surface area contributed by atoms with Gasteiger partial charge in [0.25, 0.3) is 5.69 Å². The highest BCUT2D eigenvalue weighted by Crippen LogP contribution is 2.37. The summed E-state index contributed by atoms with van der Waals surface area (Å²) in [6.45, 7) is 0. The number of hydrogen-bond acceptors (Lipinski definition) is 6. The lowest BCUT2D eigenvalue weighted by Crippen LogP contribution is -2.13. The van der Waals surface area contributed by atoms with E-state index in [1.807, 2.05) is 30.3 Å². The Hall–Kier alpha value is -2.74. The van der Waals surface area contributed by atoms with Gasteiger partial charge in [0, 0.05) is 17.4 Å². The first-order valence-corrected chi connectivity index (χ1v) is 8.91. The van der Waals surface area contributed by atoms with Crippen molar-refractivity contribution in [3.05, 3.63) is 52.6 Å². The Morgan fingerprint density at radius 1 is 1.15 bits per heavy atom. The number of nitro groups is 1. The third-order valence-corrected chi connectivity index (χ3v) is 4.63. The number of thioether (sulfide) groups is 1. The molecule has 0 aliphatic heterocycles. The molecule has 0 radical (unpaired) electrons. The SMILES string of the molecule is COc1cc(NC(=O)CCCSc2ccccc2)c([N+](=O)[O-])cc1OC. The average Bonchev–Trinajstić information content (AvgIpc) is 2.65. The molecule has 7 nitrogen and oxygen atoms in total. The highest BCUT2D eigenvalue weighted by molar-refractivity contribution is 7.99. The van der Waals surface area contributed by atoms with Gasteiger partial charge in [0.1, 0.15) is 5.69 Å². The van der Waals surface area contributed by atoms with Gasteiger partial charge in [-0.25, -0.2) is 0 Å². The Labute approximate surface area is 155 Å². The number of nitrogens with one attached hydrogen (secondary N) is 1. The Balaban J connectivity index is 1.96. The summed E-state index contributed by atoms with van der Waals surface area (Å²) in [7, 11) is 2.82. The van der Waals surface area contributed by atoms with Crippen LogP contribution in [0.4, 0.5) is 11.4 Å². The van der Waals surface area contributed by atoms with Gasteiger partial charge in [-0.1, -0.05) is 18.2 Å². The summed E-state index contributed by atoms with van der Waals surface area (Å²) in [5.74, 6) is 1.05. The maximum Gasteiger partial charge on any atom is 0.296 e. The van der Waals surface area contributed by atoms with E-state index in [9.17, 15) is 14.9 Å². The minimum atomic E-state index is -0.567. The smallest absolute Gasteiger partial charge is 0.296 e. The zero-order chi connectivity index (χ0) is 18.9. The van der Waals surface area contributed by atoms with Crippen molar-refractivity contribution in [2.45, 2.75) is 17.7 Å². The molecule has 0 unspecified atom stereocenters. The fourth-order valence-corrected chi connectivity index (χ4v) is 3.15. The maximum atomic E-state index is 12.1. The number of ether oxygens (including phenoxy) is 2. The molecule has 0 atom stereocenters. The molecule has 1 N–H and O–H groups in total. The summed E-state index contributed by atoms with van der Waals surface area (Å²) in [4.78, 5) is 24.0. The highest BCUT2D eigenvalue weighted by Gasteiger charge is 2.21. The van der Waals surface area contributed by atoms with E-state index in [1.54, 1.807) is 11.8 Å². The number of anilines is 1. The summed E-state index contributed by atoms with van der Waals surface area (Å²) < 4.78 is 10.2. The van der Waals surface area contributed by atoms with Crippen LogP contribution in [0.15, 0.2) is 47.4 Å². The van der Waals surface area contributed by atoms with Crippen LogP contribution in [-0.2, 0) is 4.79 Å². The van der Waals surface area contributed by atoms with Crippen molar-refractivity contribution >= 4 is 29.0 Å². The molecule has 0 aliphatic rings. The molecule has 0 saturated carbocycles. The highest BCUT2D eigenvalue weighted by atomic mass is 32.2. The molecule has 0 fully saturated rings. The van der Waals surface area contributed by atoms with Crippen LogP contribution in [0, 0.1) is 10.1 Å². The molecule has 138 valence electrons. The quantitative estimate of drug-likeness (QED) is 0.306. The lowest BCUT2D eigenvalue weighted by Gasteiger charge is -2.11. The number of nitro benzene ring substituents is 1. The molecule has 0 heterocycles. The lowest BCUT2D eigenvalue weighted by molar-refractivity contribution is -0.384. The number of benzene rings is 2. The van der Waals surface area contributed by atoms with Gasteiger partial charge in [-0.05, 0) is 24.3 Å². The van der Waals surface area contributed by atoms with Gasteiger partial charge in [-0.3, -0.25) is 14.9 Å². The van der Waals surface area contributed by atoms with Gasteiger partial charge in [0.2, 0.25) is 5.91 Å². The number of carbonyl (C=O) groups excluding carboxylic acids is 1. The molecule has 1 amide bonds. The minimum Gasteiger partial charge on any atom is -0.493 e. The summed E-state index contributed by atoms with van der Waals surface area (Å²) in [6, 6.07) is 12.5. The van der Waals surface area contributed by atoms with Crippen molar-refractivity contribution < 1.29 is 19.2 Å². The number of amides is 1. The Morgan fingerprint density at radius 2 is 1.81 bits per heavy atom. The van der Waals surface area contributed by atoms with Gasteiger partial charge in [-0.15, -0.1) is 11.8 Å². The van der Waals surface area contributed by atoms with Crippen molar-refractivity contribution in [1.29, 1.82) is 0 Å². The molecular formula is C18H20N2O5S. The molecule has 0 aromatic heterocycles. The summed E-state index contributed by atoms with van der Waals surface area (Å²) in [5, 5.41) is 13.8. The van der Waals surface area contributed by atoms with E-state index >= 15 is 0 Å². The third kappa shape index (κ3) is 5.38. The van der Waals surface area contributed by atoms with Crippen LogP contribution in [0.25, 0.3) is 0 Å². The van der Waals surface area contributed by atoms with E-state index in [0.29, 0.717) is 12.2 Å². The molecule has 2 aromatic carbocycles. The van der Waals surface area contributed by atoms with Crippen LogP contribution in [0.1, 0.15) is 12.8 Å². The van der Waals surface area contributed by atoms with Crippen molar-refractivity contribution in [3.63, 3.8) is 0 Å². The Morgan fingerprint density at radius 3 is 2.42 bits per heavy atom. The zero-order valence-electron chi connectivity index (χ0n) is 14.6. The largest absolute Gasteiger partial charge is 0.493 e. The van der Waals surface area contributed by atoms with Gasteiger partial charge in [-0.2, -0.15) is 0 Å². The number of carbonyl (C=O) groups is 1. The molecule has 2 rings (SSSR count). The third-order valence-electron chi connectivity index (χ3n) is 3.53. The van der Waals surface area contributed by atoms with Crippen molar-refractivity contribution in [3.8, 4) is 11.5 Å². The van der Waals surface area contributed by atoms with Gasteiger partial charge in [0.05, 0.1) is 25.2 Å². The second kappa shape index (κ2) is 9.67. The summed E-state index contributed by atoms with van der Waals surface area (Å²) >= 11 is 1.66. The maximum absolute atomic E-state index is 12.1. The average molecular weight is 376 g/mol. The monoisotopic (exact) mass is 376 g/mol. The first kappa shape index (κ1) is 19.6. The minimum absolute atomic E-state index is 0.0911. The van der Waals surface area contributed by atoms with Crippen molar-refractivity contribution in [2.24, 2.45) is 0 Å². The van der Waals surface area contributed by atoms with E-state index in [4.69, 9.17) is 9.47 Å². The Kier molecular flexibility index (Phi) is 7.28. The predicted molar refractivity (Wildman–Crippen MR) is 101 cm³/mol. The summed E-state index contributed by atoms with van der Waals surface area (Å²) in [5.41, 5.74) is -0.150. The first-order valence-electron chi connectivity index (χ1n) is 7.93. The van der Waals surface area contributed by atoms with Crippen molar-refractivity contribution in [1.82, 2.24) is 0 Å². The van der Waals surface area contributed by atoms with E-state index in [1.165, 1.54) is 26.4 Å². The van der Waals surface area contributed by atoms with Crippen LogP contribution in [0.3, 0.4) is 0 Å². The van der Waals surface area contributed by atoms with Crippen molar-refractivity contribution in [2.75, 3.05) is 25.3 Å².